The molecule has 0 bridgehead atoms. The molecule has 0 saturated carbocycles. The van der Waals surface area contributed by atoms with E-state index in [0.717, 1.165) is 12.1 Å². The smallest absolute Gasteiger partial charge is 0.360 e. The number of hydrogen-bond donors (Lipinski definition) is 2. The number of amides is 1. The van der Waals surface area contributed by atoms with Gasteiger partial charge in [0, 0.05) is 11.4 Å². The number of carbonyl (C=O) groups is 1. The summed E-state index contributed by atoms with van der Waals surface area (Å²) in [5.41, 5.74) is 0.145. The molecule has 1 aromatic carbocycles. The van der Waals surface area contributed by atoms with Crippen molar-refractivity contribution in [2.24, 2.45) is 0 Å². The molecule has 0 aliphatic heterocycles. The first-order valence-corrected chi connectivity index (χ1v) is 7.93. The predicted molar refractivity (Wildman–Crippen MR) is 77.9 cm³/mol. The lowest BCUT2D eigenvalue weighted by Gasteiger charge is -2.10. The van der Waals surface area contributed by atoms with Crippen molar-refractivity contribution in [1.29, 1.82) is 0 Å². The van der Waals surface area contributed by atoms with Crippen LogP contribution in [-0.4, -0.2) is 25.7 Å². The molecular weight excluding hydrogens is 351 g/mol. The number of halogens is 3. The van der Waals surface area contributed by atoms with Crippen LogP contribution in [0, 0.1) is 13.8 Å². The van der Waals surface area contributed by atoms with Crippen LogP contribution in [0.4, 0.5) is 24.5 Å². The molecule has 2 aromatic rings. The summed E-state index contributed by atoms with van der Waals surface area (Å²) in [6, 6.07) is 4.69. The highest BCUT2D eigenvalue weighted by Gasteiger charge is 2.38. The SMILES string of the molecule is Cc1noc(C)c1S(=O)(=O)Nc1ccc(NC(=O)C(F)(F)F)cc1. The van der Waals surface area contributed by atoms with Crippen LogP contribution in [0.15, 0.2) is 33.7 Å². The van der Waals surface area contributed by atoms with Crippen molar-refractivity contribution in [3.05, 3.63) is 35.7 Å². The Morgan fingerprint density at radius 3 is 2.12 bits per heavy atom. The Morgan fingerprint density at radius 1 is 1.12 bits per heavy atom. The third-order valence-corrected chi connectivity index (χ3v) is 4.51. The molecule has 2 rings (SSSR count). The van der Waals surface area contributed by atoms with Crippen LogP contribution in [0.2, 0.25) is 0 Å². The lowest BCUT2D eigenvalue weighted by atomic mass is 10.3. The zero-order valence-electron chi connectivity index (χ0n) is 12.4. The molecule has 0 unspecified atom stereocenters. The van der Waals surface area contributed by atoms with E-state index in [0.29, 0.717) is 0 Å². The van der Waals surface area contributed by atoms with E-state index in [2.05, 4.69) is 9.88 Å². The van der Waals surface area contributed by atoms with Gasteiger partial charge in [-0.05, 0) is 38.1 Å². The van der Waals surface area contributed by atoms with E-state index in [4.69, 9.17) is 4.52 Å². The van der Waals surface area contributed by atoms with E-state index in [9.17, 15) is 26.4 Å². The molecule has 0 fully saturated rings. The molecule has 130 valence electrons. The summed E-state index contributed by atoms with van der Waals surface area (Å²) in [7, 11) is -3.96. The Balaban J connectivity index is 2.16. The number of alkyl halides is 3. The average Bonchev–Trinajstić information content (AvgIpc) is 2.79. The number of aryl methyl sites for hydroxylation is 2. The van der Waals surface area contributed by atoms with Crippen LogP contribution in [0.25, 0.3) is 0 Å². The predicted octanol–water partition coefficient (Wildman–Crippen LogP) is 2.59. The van der Waals surface area contributed by atoms with Gasteiger partial charge in [0.1, 0.15) is 5.69 Å². The fourth-order valence-corrected chi connectivity index (χ4v) is 3.28. The van der Waals surface area contributed by atoms with Gasteiger partial charge in [-0.3, -0.25) is 9.52 Å². The molecule has 24 heavy (non-hydrogen) atoms. The first-order chi connectivity index (χ1) is 11.0. The number of nitrogens with zero attached hydrogens (tertiary/aromatic N) is 1. The Labute approximate surface area is 134 Å². The lowest BCUT2D eigenvalue weighted by Crippen LogP contribution is -2.29. The maximum Gasteiger partial charge on any atom is 0.471 e. The summed E-state index contributed by atoms with van der Waals surface area (Å²) in [6.07, 6.45) is -5.01. The van der Waals surface area contributed by atoms with Crippen LogP contribution in [0.5, 0.6) is 0 Å². The van der Waals surface area contributed by atoms with Gasteiger partial charge in [0.2, 0.25) is 0 Å². The molecule has 1 aromatic heterocycles. The fourth-order valence-electron chi connectivity index (χ4n) is 1.89. The second-order valence-corrected chi connectivity index (χ2v) is 6.41. The molecule has 0 aliphatic rings. The number of aromatic nitrogens is 1. The standard InChI is InChI=1S/C13H12F3N3O4S/c1-7-11(8(2)23-18-7)24(21,22)19-10-5-3-9(4-6-10)17-12(20)13(14,15)16/h3-6,19H,1-2H3,(H,17,20). The van der Waals surface area contributed by atoms with Crippen molar-refractivity contribution < 1.29 is 30.9 Å². The topological polar surface area (TPSA) is 101 Å². The number of carbonyl (C=O) groups excluding carboxylic acids is 1. The molecule has 0 spiro atoms. The average molecular weight is 363 g/mol. The molecule has 0 radical (unpaired) electrons. The van der Waals surface area contributed by atoms with Gasteiger partial charge in [-0.2, -0.15) is 13.2 Å². The van der Waals surface area contributed by atoms with Gasteiger partial charge in [0.05, 0.1) is 0 Å². The zero-order chi connectivity index (χ0) is 18.1. The number of hydrogen-bond acceptors (Lipinski definition) is 5. The molecule has 0 aliphatic carbocycles. The molecule has 1 amide bonds. The number of nitrogens with one attached hydrogen (secondary N) is 2. The van der Waals surface area contributed by atoms with E-state index in [1.165, 1.54) is 26.0 Å². The largest absolute Gasteiger partial charge is 0.471 e. The second-order valence-electron chi connectivity index (χ2n) is 4.79. The van der Waals surface area contributed by atoms with Crippen LogP contribution < -0.4 is 10.0 Å². The normalized spacial score (nSPS) is 12.0. The van der Waals surface area contributed by atoms with Gasteiger partial charge in [-0.1, -0.05) is 5.16 Å². The first kappa shape index (κ1) is 17.8. The van der Waals surface area contributed by atoms with Crippen molar-refractivity contribution >= 4 is 27.3 Å². The highest BCUT2D eigenvalue weighted by molar-refractivity contribution is 7.92. The third kappa shape index (κ3) is 3.85. The Kier molecular flexibility index (Phi) is 4.56. The minimum atomic E-state index is -5.01. The fraction of sp³-hybridized carbons (Fsp3) is 0.231. The van der Waals surface area contributed by atoms with Gasteiger partial charge in [0.25, 0.3) is 10.0 Å². The Hall–Kier alpha value is -2.56. The van der Waals surface area contributed by atoms with E-state index >= 15 is 0 Å². The molecule has 0 atom stereocenters. The third-order valence-electron chi connectivity index (χ3n) is 2.89. The summed E-state index contributed by atoms with van der Waals surface area (Å²) >= 11 is 0. The highest BCUT2D eigenvalue weighted by Crippen LogP contribution is 2.24. The molecule has 7 nitrogen and oxygen atoms in total. The Morgan fingerprint density at radius 2 is 1.67 bits per heavy atom. The second kappa shape index (κ2) is 6.15. The summed E-state index contributed by atoms with van der Waals surface area (Å²) in [5.74, 6) is -2.01. The summed E-state index contributed by atoms with van der Waals surface area (Å²) in [6.45, 7) is 2.89. The van der Waals surface area contributed by atoms with Gasteiger partial charge in [0.15, 0.2) is 10.7 Å². The molecule has 2 N–H and O–H groups in total. The molecule has 1 heterocycles. The summed E-state index contributed by atoms with van der Waals surface area (Å²) in [5, 5.41) is 5.20. The molecular formula is C13H12F3N3O4S. The number of anilines is 2. The van der Waals surface area contributed by atoms with Crippen molar-refractivity contribution in [3.8, 4) is 0 Å². The summed E-state index contributed by atoms with van der Waals surface area (Å²) < 4.78 is 68.0. The minimum Gasteiger partial charge on any atom is -0.360 e. The minimum absolute atomic E-state index is 0.0972. The van der Waals surface area contributed by atoms with E-state index < -0.39 is 22.1 Å². The van der Waals surface area contributed by atoms with Gasteiger partial charge in [-0.25, -0.2) is 8.42 Å². The van der Waals surface area contributed by atoms with Gasteiger partial charge < -0.3 is 9.84 Å². The van der Waals surface area contributed by atoms with Crippen LogP contribution >= 0.6 is 0 Å². The van der Waals surface area contributed by atoms with E-state index in [1.54, 1.807) is 5.32 Å². The van der Waals surface area contributed by atoms with Gasteiger partial charge >= 0.3 is 12.1 Å². The van der Waals surface area contributed by atoms with Crippen molar-refractivity contribution in [2.75, 3.05) is 10.0 Å². The zero-order valence-corrected chi connectivity index (χ0v) is 13.2. The maximum absolute atomic E-state index is 12.3. The molecule has 11 heteroatoms. The van der Waals surface area contributed by atoms with Crippen LogP contribution in [0.3, 0.4) is 0 Å². The maximum atomic E-state index is 12.3. The Bertz CT molecular complexity index is 838. The lowest BCUT2D eigenvalue weighted by molar-refractivity contribution is -0.167. The molecule has 0 saturated heterocycles. The van der Waals surface area contributed by atoms with Crippen molar-refractivity contribution in [3.63, 3.8) is 0 Å². The quantitative estimate of drug-likeness (QED) is 0.869. The number of sulfonamides is 1. The van der Waals surface area contributed by atoms with Gasteiger partial charge in [-0.15, -0.1) is 0 Å². The van der Waals surface area contributed by atoms with Crippen molar-refractivity contribution in [2.45, 2.75) is 24.9 Å². The number of benzene rings is 1. The van der Waals surface area contributed by atoms with Crippen LogP contribution in [-0.2, 0) is 14.8 Å². The highest BCUT2D eigenvalue weighted by atomic mass is 32.2. The number of rotatable bonds is 4. The van der Waals surface area contributed by atoms with Crippen molar-refractivity contribution in [1.82, 2.24) is 5.16 Å². The first-order valence-electron chi connectivity index (χ1n) is 6.44. The van der Waals surface area contributed by atoms with Crippen LogP contribution in [0.1, 0.15) is 11.5 Å². The monoisotopic (exact) mass is 363 g/mol. The van der Waals surface area contributed by atoms with E-state index in [1.807, 2.05) is 0 Å². The van der Waals surface area contributed by atoms with E-state index in [-0.39, 0.29) is 27.7 Å². The summed E-state index contributed by atoms with van der Waals surface area (Å²) in [4.78, 5) is 10.7.